The van der Waals surface area contributed by atoms with E-state index in [2.05, 4.69) is 37.4 Å². The lowest BCUT2D eigenvalue weighted by molar-refractivity contribution is 0.897. The highest BCUT2D eigenvalue weighted by molar-refractivity contribution is 5.84. The first-order valence-corrected chi connectivity index (χ1v) is 8.93. The second kappa shape index (κ2) is 6.41. The van der Waals surface area contributed by atoms with Crippen LogP contribution in [0, 0.1) is 6.92 Å². The third kappa shape index (κ3) is 2.90. The van der Waals surface area contributed by atoms with E-state index >= 15 is 0 Å². The lowest BCUT2D eigenvalue weighted by Gasteiger charge is -2.06. The SMILES string of the molecule is Cc1cccc(-c2[nH]cnc2-c2ccc3ncc(C4=CCNC4)cc3n2)n1. The molecule has 1 aliphatic rings. The summed E-state index contributed by atoms with van der Waals surface area (Å²) in [4.78, 5) is 21.7. The Labute approximate surface area is 156 Å². The summed E-state index contributed by atoms with van der Waals surface area (Å²) >= 11 is 0. The molecule has 2 N–H and O–H groups in total. The summed E-state index contributed by atoms with van der Waals surface area (Å²) in [5.41, 5.74) is 8.41. The molecule has 0 spiro atoms. The van der Waals surface area contributed by atoms with Gasteiger partial charge in [0, 0.05) is 25.0 Å². The smallest absolute Gasteiger partial charge is 0.116 e. The van der Waals surface area contributed by atoms with Crippen LogP contribution in [0.25, 0.3) is 39.4 Å². The molecule has 27 heavy (non-hydrogen) atoms. The monoisotopic (exact) mass is 354 g/mol. The molecule has 0 aliphatic carbocycles. The Kier molecular flexibility index (Phi) is 3.76. The molecule has 1 aliphatic heterocycles. The van der Waals surface area contributed by atoms with E-state index in [0.29, 0.717) is 0 Å². The van der Waals surface area contributed by atoms with Gasteiger partial charge in [-0.2, -0.15) is 0 Å². The van der Waals surface area contributed by atoms with Crippen molar-refractivity contribution in [2.75, 3.05) is 13.1 Å². The number of nitrogens with one attached hydrogen (secondary N) is 2. The molecule has 0 aromatic carbocycles. The normalized spacial score (nSPS) is 13.9. The number of aryl methyl sites for hydroxylation is 1. The van der Waals surface area contributed by atoms with Crippen LogP contribution in [0.3, 0.4) is 0 Å². The van der Waals surface area contributed by atoms with Crippen molar-refractivity contribution in [3.05, 3.63) is 66.3 Å². The van der Waals surface area contributed by atoms with E-state index in [1.54, 1.807) is 6.33 Å². The van der Waals surface area contributed by atoms with Crippen LogP contribution in [-0.4, -0.2) is 38.0 Å². The van der Waals surface area contributed by atoms with Crippen molar-refractivity contribution < 1.29 is 0 Å². The van der Waals surface area contributed by atoms with E-state index in [-0.39, 0.29) is 0 Å². The number of aromatic amines is 1. The Balaban J connectivity index is 1.61. The number of hydrogen-bond donors (Lipinski definition) is 2. The van der Waals surface area contributed by atoms with Gasteiger partial charge in [0.25, 0.3) is 0 Å². The Hall–Kier alpha value is -3.38. The van der Waals surface area contributed by atoms with Gasteiger partial charge in [-0.3, -0.25) is 9.97 Å². The molecule has 0 saturated heterocycles. The van der Waals surface area contributed by atoms with Gasteiger partial charge in [0.2, 0.25) is 0 Å². The second-order valence-electron chi connectivity index (χ2n) is 6.61. The first-order chi connectivity index (χ1) is 13.3. The van der Waals surface area contributed by atoms with E-state index in [9.17, 15) is 0 Å². The summed E-state index contributed by atoms with van der Waals surface area (Å²) in [6.45, 7) is 3.75. The second-order valence-corrected chi connectivity index (χ2v) is 6.61. The molecule has 4 aromatic rings. The van der Waals surface area contributed by atoms with Crippen molar-refractivity contribution >= 4 is 16.6 Å². The van der Waals surface area contributed by atoms with E-state index in [1.165, 1.54) is 5.57 Å². The number of nitrogens with zero attached hydrogens (tertiary/aromatic N) is 4. The van der Waals surface area contributed by atoms with Crippen molar-refractivity contribution in [2.45, 2.75) is 6.92 Å². The lowest BCUT2D eigenvalue weighted by Crippen LogP contribution is -2.07. The van der Waals surface area contributed by atoms with E-state index in [4.69, 9.17) is 4.98 Å². The number of H-pyrrole nitrogens is 1. The van der Waals surface area contributed by atoms with Crippen molar-refractivity contribution in [3.63, 3.8) is 0 Å². The number of hydrogen-bond acceptors (Lipinski definition) is 5. The van der Waals surface area contributed by atoms with Gasteiger partial charge in [0.1, 0.15) is 5.69 Å². The molecule has 0 bridgehead atoms. The molecule has 5 heterocycles. The molecule has 0 atom stereocenters. The van der Waals surface area contributed by atoms with Crippen LogP contribution in [0.15, 0.2) is 55.0 Å². The first kappa shape index (κ1) is 15.8. The molecule has 132 valence electrons. The maximum absolute atomic E-state index is 4.84. The summed E-state index contributed by atoms with van der Waals surface area (Å²) in [5, 5.41) is 3.32. The van der Waals surface area contributed by atoms with Crippen molar-refractivity contribution in [1.29, 1.82) is 0 Å². The fourth-order valence-electron chi connectivity index (χ4n) is 3.37. The lowest BCUT2D eigenvalue weighted by atomic mass is 10.1. The largest absolute Gasteiger partial charge is 0.343 e. The molecule has 0 fully saturated rings. The minimum atomic E-state index is 0.794. The summed E-state index contributed by atoms with van der Waals surface area (Å²) < 4.78 is 0. The van der Waals surface area contributed by atoms with Gasteiger partial charge in [-0.25, -0.2) is 9.97 Å². The molecule has 0 unspecified atom stereocenters. The standard InChI is InChI=1S/C21H18N6/c1-13-3-2-4-17(26-13)20-21(25-12-24-20)18-6-5-16-19(27-18)9-15(11-23-16)14-7-8-22-10-14/h2-7,9,11-12,22H,8,10H2,1H3,(H,24,25). The molecule has 6 heteroatoms. The Morgan fingerprint density at radius 1 is 0.963 bits per heavy atom. The number of fused-ring (bicyclic) bond motifs is 1. The van der Waals surface area contributed by atoms with Crippen LogP contribution < -0.4 is 5.32 Å². The van der Waals surface area contributed by atoms with Crippen LogP contribution >= 0.6 is 0 Å². The zero-order valence-electron chi connectivity index (χ0n) is 14.9. The number of imidazole rings is 1. The third-order valence-corrected chi connectivity index (χ3v) is 4.74. The predicted octanol–water partition coefficient (Wildman–Crippen LogP) is 3.38. The summed E-state index contributed by atoms with van der Waals surface area (Å²) in [6, 6.07) is 12.0. The van der Waals surface area contributed by atoms with Crippen LogP contribution in [0.1, 0.15) is 11.3 Å². The van der Waals surface area contributed by atoms with Gasteiger partial charge in [-0.1, -0.05) is 12.1 Å². The van der Waals surface area contributed by atoms with Gasteiger partial charge in [0.15, 0.2) is 0 Å². The van der Waals surface area contributed by atoms with Gasteiger partial charge < -0.3 is 10.3 Å². The van der Waals surface area contributed by atoms with Gasteiger partial charge in [-0.15, -0.1) is 0 Å². The van der Waals surface area contributed by atoms with Gasteiger partial charge >= 0.3 is 0 Å². The zero-order valence-corrected chi connectivity index (χ0v) is 14.9. The molecular weight excluding hydrogens is 336 g/mol. The summed E-state index contributed by atoms with van der Waals surface area (Å²) in [7, 11) is 0. The maximum Gasteiger partial charge on any atom is 0.116 e. The van der Waals surface area contributed by atoms with Crippen LogP contribution in [0.4, 0.5) is 0 Å². The van der Waals surface area contributed by atoms with E-state index in [0.717, 1.165) is 58.2 Å². The Morgan fingerprint density at radius 2 is 1.93 bits per heavy atom. The Morgan fingerprint density at radius 3 is 2.78 bits per heavy atom. The molecule has 0 radical (unpaired) electrons. The molecular formula is C21H18N6. The molecule has 4 aromatic heterocycles. The van der Waals surface area contributed by atoms with E-state index in [1.807, 2.05) is 43.5 Å². The molecule has 0 amide bonds. The van der Waals surface area contributed by atoms with E-state index < -0.39 is 0 Å². The minimum Gasteiger partial charge on any atom is -0.343 e. The third-order valence-electron chi connectivity index (χ3n) is 4.74. The first-order valence-electron chi connectivity index (χ1n) is 8.93. The minimum absolute atomic E-state index is 0.794. The average Bonchev–Trinajstić information content (AvgIpc) is 3.39. The van der Waals surface area contributed by atoms with Crippen LogP contribution in [-0.2, 0) is 0 Å². The molecule has 0 saturated carbocycles. The summed E-state index contributed by atoms with van der Waals surface area (Å²) in [5.74, 6) is 0. The highest BCUT2D eigenvalue weighted by Gasteiger charge is 2.14. The molecule has 5 rings (SSSR count). The summed E-state index contributed by atoms with van der Waals surface area (Å²) in [6.07, 6.45) is 5.80. The number of aromatic nitrogens is 5. The zero-order chi connectivity index (χ0) is 18.2. The fraction of sp³-hybridized carbons (Fsp3) is 0.143. The topological polar surface area (TPSA) is 79.4 Å². The van der Waals surface area contributed by atoms with Crippen molar-refractivity contribution in [2.24, 2.45) is 0 Å². The maximum atomic E-state index is 4.84. The quantitative estimate of drug-likeness (QED) is 0.590. The number of pyridine rings is 3. The molecule has 6 nitrogen and oxygen atoms in total. The van der Waals surface area contributed by atoms with Gasteiger partial charge in [-0.05, 0) is 48.4 Å². The average molecular weight is 354 g/mol. The Bertz CT molecular complexity index is 1170. The number of rotatable bonds is 3. The van der Waals surface area contributed by atoms with Gasteiger partial charge in [0.05, 0.1) is 34.4 Å². The van der Waals surface area contributed by atoms with Crippen LogP contribution in [0.5, 0.6) is 0 Å². The highest BCUT2D eigenvalue weighted by Crippen LogP contribution is 2.28. The highest BCUT2D eigenvalue weighted by atomic mass is 14.9. The van der Waals surface area contributed by atoms with Crippen LogP contribution in [0.2, 0.25) is 0 Å². The van der Waals surface area contributed by atoms with Crippen molar-refractivity contribution in [3.8, 4) is 22.8 Å². The van der Waals surface area contributed by atoms with Crippen molar-refractivity contribution in [1.82, 2.24) is 30.2 Å². The predicted molar refractivity (Wildman–Crippen MR) is 106 cm³/mol. The fourth-order valence-corrected chi connectivity index (χ4v) is 3.37.